The molecule has 0 saturated heterocycles. The highest BCUT2D eigenvalue weighted by Gasteiger charge is 2.20. The second-order valence-electron chi connectivity index (χ2n) is 7.30. The number of carbonyl (C=O) groups excluding carboxylic acids is 2. The molecule has 0 fully saturated rings. The van der Waals surface area contributed by atoms with E-state index in [9.17, 15) is 9.59 Å². The van der Waals surface area contributed by atoms with Gasteiger partial charge in [-0.05, 0) is 44.2 Å². The summed E-state index contributed by atoms with van der Waals surface area (Å²) >= 11 is 13.2. The Hall–Kier alpha value is -2.81. The number of anilines is 1. The molecule has 0 aliphatic rings. The number of rotatable bonds is 9. The summed E-state index contributed by atoms with van der Waals surface area (Å²) in [5, 5.41) is 15.6. The molecular weight excluding hydrogens is 481 g/mol. The van der Waals surface area contributed by atoms with Crippen molar-refractivity contribution >= 4 is 52.5 Å². The number of benzene rings is 2. The number of allylic oxidation sites excluding steroid dienone is 1. The number of amides is 2. The molecule has 2 N–H and O–H groups in total. The van der Waals surface area contributed by atoms with Crippen molar-refractivity contribution in [3.05, 3.63) is 82.1 Å². The summed E-state index contributed by atoms with van der Waals surface area (Å²) in [6, 6.07) is 11.8. The summed E-state index contributed by atoms with van der Waals surface area (Å²) in [4.78, 5) is 25.0. The highest BCUT2D eigenvalue weighted by atomic mass is 35.5. The first-order valence-electron chi connectivity index (χ1n) is 10.1. The van der Waals surface area contributed by atoms with E-state index in [1.165, 1.54) is 11.8 Å². The molecule has 2 aromatic carbocycles. The predicted molar refractivity (Wildman–Crippen MR) is 133 cm³/mol. The highest BCUT2D eigenvalue weighted by molar-refractivity contribution is 7.99. The number of hydrogen-bond donors (Lipinski definition) is 2. The molecule has 33 heavy (non-hydrogen) atoms. The summed E-state index contributed by atoms with van der Waals surface area (Å²) in [6.07, 6.45) is 1.71. The van der Waals surface area contributed by atoms with Crippen molar-refractivity contribution in [2.45, 2.75) is 31.6 Å². The van der Waals surface area contributed by atoms with Gasteiger partial charge in [0, 0.05) is 27.8 Å². The van der Waals surface area contributed by atoms with Crippen molar-refractivity contribution in [3.8, 4) is 0 Å². The van der Waals surface area contributed by atoms with Gasteiger partial charge >= 0.3 is 0 Å². The van der Waals surface area contributed by atoms with Gasteiger partial charge in [0.25, 0.3) is 5.91 Å². The van der Waals surface area contributed by atoms with Gasteiger partial charge in [-0.25, -0.2) is 0 Å². The van der Waals surface area contributed by atoms with Crippen molar-refractivity contribution in [1.82, 2.24) is 20.1 Å². The minimum absolute atomic E-state index is 0.101. The number of halogens is 2. The molecule has 172 valence electrons. The fraction of sp³-hybridized carbons (Fsp3) is 0.217. The Balaban J connectivity index is 1.67. The molecule has 2 amide bonds. The van der Waals surface area contributed by atoms with E-state index in [1.54, 1.807) is 30.3 Å². The van der Waals surface area contributed by atoms with Crippen LogP contribution in [-0.2, 0) is 11.3 Å². The predicted octanol–water partition coefficient (Wildman–Crippen LogP) is 5.30. The third-order valence-corrected chi connectivity index (χ3v) is 5.95. The zero-order valence-electron chi connectivity index (χ0n) is 18.1. The maximum absolute atomic E-state index is 12.6. The van der Waals surface area contributed by atoms with Crippen LogP contribution in [0.15, 0.2) is 60.3 Å². The number of nitrogens with one attached hydrogen (secondary N) is 2. The van der Waals surface area contributed by atoms with Crippen molar-refractivity contribution < 1.29 is 9.59 Å². The zero-order valence-corrected chi connectivity index (χ0v) is 20.5. The Bertz CT molecular complexity index is 1160. The number of hydrogen-bond acceptors (Lipinski definition) is 5. The summed E-state index contributed by atoms with van der Waals surface area (Å²) in [5.41, 5.74) is 2.09. The lowest BCUT2D eigenvalue weighted by Gasteiger charge is -2.15. The van der Waals surface area contributed by atoms with Crippen molar-refractivity contribution in [1.29, 1.82) is 0 Å². The molecular formula is C23H23Cl2N5O2S. The molecule has 0 radical (unpaired) electrons. The van der Waals surface area contributed by atoms with E-state index >= 15 is 0 Å². The minimum Gasteiger partial charge on any atom is -0.342 e. The molecule has 10 heteroatoms. The second-order valence-corrected chi connectivity index (χ2v) is 9.12. The fourth-order valence-electron chi connectivity index (χ4n) is 3.11. The number of aromatic nitrogens is 3. The van der Waals surface area contributed by atoms with Crippen LogP contribution < -0.4 is 10.6 Å². The second kappa shape index (κ2) is 11.4. The first kappa shape index (κ1) is 24.8. The van der Waals surface area contributed by atoms with E-state index < -0.39 is 6.04 Å². The zero-order chi connectivity index (χ0) is 24.0. The van der Waals surface area contributed by atoms with E-state index in [4.69, 9.17) is 23.2 Å². The van der Waals surface area contributed by atoms with Gasteiger partial charge in [0.1, 0.15) is 0 Å². The molecule has 0 saturated carbocycles. The average Bonchev–Trinajstić information content (AvgIpc) is 3.14. The van der Waals surface area contributed by atoms with Gasteiger partial charge in [-0.3, -0.25) is 9.59 Å². The van der Waals surface area contributed by atoms with E-state index in [2.05, 4.69) is 27.4 Å². The van der Waals surface area contributed by atoms with Crippen LogP contribution in [0.25, 0.3) is 0 Å². The first-order valence-corrected chi connectivity index (χ1v) is 11.8. The standard InChI is InChI=1S/C23H23Cl2N5O2S/c1-4-8-30-21(15(3)26-22(32)16-7-5-6-14(2)9-16)28-29-23(30)33-13-20(31)27-19-11-17(24)10-18(25)12-19/h4-7,9-12,15H,1,8,13H2,2-3H3,(H,26,32)(H,27,31)/t15-/m0/s1. The van der Waals surface area contributed by atoms with Crippen molar-refractivity contribution in [2.24, 2.45) is 0 Å². The van der Waals surface area contributed by atoms with Gasteiger partial charge in [-0.1, -0.05) is 58.7 Å². The Morgan fingerprint density at radius 3 is 2.58 bits per heavy atom. The van der Waals surface area contributed by atoms with Crippen LogP contribution in [-0.4, -0.2) is 32.3 Å². The smallest absolute Gasteiger partial charge is 0.251 e. The van der Waals surface area contributed by atoms with Crippen LogP contribution in [0, 0.1) is 6.92 Å². The molecule has 3 aromatic rings. The van der Waals surface area contributed by atoms with E-state index in [0.717, 1.165) is 5.56 Å². The lowest BCUT2D eigenvalue weighted by atomic mass is 10.1. The van der Waals surface area contributed by atoms with Gasteiger partial charge < -0.3 is 15.2 Å². The van der Waals surface area contributed by atoms with Gasteiger partial charge in [0.15, 0.2) is 11.0 Å². The van der Waals surface area contributed by atoms with Crippen LogP contribution >= 0.6 is 35.0 Å². The van der Waals surface area contributed by atoms with Crippen molar-refractivity contribution in [3.63, 3.8) is 0 Å². The van der Waals surface area contributed by atoms with E-state index in [0.29, 0.717) is 38.8 Å². The Labute approximate surface area is 206 Å². The lowest BCUT2D eigenvalue weighted by molar-refractivity contribution is -0.113. The van der Waals surface area contributed by atoms with Crippen LogP contribution in [0.2, 0.25) is 10.0 Å². The molecule has 0 unspecified atom stereocenters. The van der Waals surface area contributed by atoms with Crippen LogP contribution in [0.3, 0.4) is 0 Å². The molecule has 1 aromatic heterocycles. The maximum atomic E-state index is 12.6. The monoisotopic (exact) mass is 503 g/mol. The van der Waals surface area contributed by atoms with Gasteiger partial charge in [-0.15, -0.1) is 16.8 Å². The Morgan fingerprint density at radius 2 is 1.91 bits per heavy atom. The molecule has 3 rings (SSSR count). The largest absolute Gasteiger partial charge is 0.342 e. The van der Waals surface area contributed by atoms with Crippen molar-refractivity contribution in [2.75, 3.05) is 11.1 Å². The molecule has 7 nitrogen and oxygen atoms in total. The van der Waals surface area contributed by atoms with Crippen LogP contribution in [0.5, 0.6) is 0 Å². The molecule has 0 spiro atoms. The van der Waals surface area contributed by atoms with Gasteiger partial charge in [-0.2, -0.15) is 0 Å². The summed E-state index contributed by atoms with van der Waals surface area (Å²) in [5.74, 6) is 0.228. The Kier molecular flexibility index (Phi) is 8.55. The highest BCUT2D eigenvalue weighted by Crippen LogP contribution is 2.24. The fourth-order valence-corrected chi connectivity index (χ4v) is 4.39. The summed E-state index contributed by atoms with van der Waals surface area (Å²) < 4.78 is 1.82. The molecule has 1 atom stereocenters. The number of carbonyl (C=O) groups is 2. The summed E-state index contributed by atoms with van der Waals surface area (Å²) in [6.45, 7) is 7.98. The maximum Gasteiger partial charge on any atom is 0.251 e. The van der Waals surface area contributed by atoms with E-state index in [1.807, 2.05) is 36.6 Å². The Morgan fingerprint density at radius 1 is 1.18 bits per heavy atom. The number of aryl methyl sites for hydroxylation is 1. The van der Waals surface area contributed by atoms with Crippen LogP contribution in [0.4, 0.5) is 5.69 Å². The number of thioether (sulfide) groups is 1. The SMILES string of the molecule is C=CCn1c(SCC(=O)Nc2cc(Cl)cc(Cl)c2)nnc1[C@H](C)NC(=O)c1cccc(C)c1. The molecule has 1 heterocycles. The van der Waals surface area contributed by atoms with Gasteiger partial charge in [0.05, 0.1) is 11.8 Å². The normalized spacial score (nSPS) is 11.6. The third kappa shape index (κ3) is 6.83. The molecule has 0 aliphatic heterocycles. The quantitative estimate of drug-likeness (QED) is 0.305. The third-order valence-electron chi connectivity index (χ3n) is 4.55. The minimum atomic E-state index is -0.401. The summed E-state index contributed by atoms with van der Waals surface area (Å²) in [7, 11) is 0. The van der Waals surface area contributed by atoms with Crippen LogP contribution in [0.1, 0.15) is 34.7 Å². The molecule has 0 aliphatic carbocycles. The van der Waals surface area contributed by atoms with E-state index in [-0.39, 0.29) is 17.6 Å². The van der Waals surface area contributed by atoms with Gasteiger partial charge in [0.2, 0.25) is 5.91 Å². The topological polar surface area (TPSA) is 88.9 Å². The molecule has 0 bridgehead atoms. The number of nitrogens with zero attached hydrogens (tertiary/aromatic N) is 3. The first-order chi connectivity index (χ1) is 15.8. The lowest BCUT2D eigenvalue weighted by Crippen LogP contribution is -2.28. The average molecular weight is 504 g/mol.